The molecule has 1 heterocycles. The molecule has 20 heavy (non-hydrogen) atoms. The van der Waals surface area contributed by atoms with Crippen LogP contribution in [0.25, 0.3) is 0 Å². The van der Waals surface area contributed by atoms with Gasteiger partial charge in [0, 0.05) is 32.2 Å². The molecule has 0 bridgehead atoms. The second kappa shape index (κ2) is 6.79. The number of carbonyl (C=O) groups excluding carboxylic acids is 1. The fourth-order valence-corrected chi connectivity index (χ4v) is 3.99. The van der Waals surface area contributed by atoms with Crippen LogP contribution in [0.4, 0.5) is 4.79 Å². The third kappa shape index (κ3) is 3.87. The zero-order chi connectivity index (χ0) is 14.6. The van der Waals surface area contributed by atoms with Crippen LogP contribution in [0.3, 0.4) is 0 Å². The highest BCUT2D eigenvalue weighted by molar-refractivity contribution is 5.74. The van der Waals surface area contributed by atoms with Crippen LogP contribution in [0.15, 0.2) is 0 Å². The molecule has 116 valence electrons. The van der Waals surface area contributed by atoms with Crippen molar-refractivity contribution < 1.29 is 9.90 Å². The van der Waals surface area contributed by atoms with Crippen molar-refractivity contribution in [1.29, 1.82) is 0 Å². The molecule has 2 rings (SSSR count). The highest BCUT2D eigenvalue weighted by Gasteiger charge is 2.35. The molecular weight excluding hydrogens is 252 g/mol. The Morgan fingerprint density at radius 3 is 2.65 bits per heavy atom. The molecule has 4 heteroatoms. The van der Waals surface area contributed by atoms with E-state index >= 15 is 0 Å². The highest BCUT2D eigenvalue weighted by Crippen LogP contribution is 2.42. The predicted octanol–water partition coefficient (Wildman–Crippen LogP) is 2.62. The van der Waals surface area contributed by atoms with E-state index in [1.54, 1.807) is 0 Å². The summed E-state index contributed by atoms with van der Waals surface area (Å²) in [4.78, 5) is 14.1. The van der Waals surface area contributed by atoms with Crippen LogP contribution in [-0.4, -0.2) is 42.3 Å². The van der Waals surface area contributed by atoms with Crippen LogP contribution in [0.2, 0.25) is 0 Å². The summed E-state index contributed by atoms with van der Waals surface area (Å²) in [5.74, 6) is 0.965. The number of rotatable bonds is 5. The van der Waals surface area contributed by atoms with E-state index in [2.05, 4.69) is 19.2 Å². The summed E-state index contributed by atoms with van der Waals surface area (Å²) < 4.78 is 0. The molecule has 0 aromatic rings. The Kier molecular flexibility index (Phi) is 5.30. The van der Waals surface area contributed by atoms with Crippen LogP contribution >= 0.6 is 0 Å². The molecule has 4 nitrogen and oxygen atoms in total. The molecule has 2 N–H and O–H groups in total. The monoisotopic (exact) mass is 282 g/mol. The Bertz CT molecular complexity index is 324. The SMILES string of the molecule is CC(C)CC1(CNC(=O)N2CCC(CO)C2)CCCC1. The van der Waals surface area contributed by atoms with Crippen LogP contribution < -0.4 is 5.32 Å². The van der Waals surface area contributed by atoms with Crippen molar-refractivity contribution in [2.24, 2.45) is 17.3 Å². The quantitative estimate of drug-likeness (QED) is 0.814. The van der Waals surface area contributed by atoms with Crippen LogP contribution in [0.5, 0.6) is 0 Å². The van der Waals surface area contributed by atoms with Gasteiger partial charge < -0.3 is 15.3 Å². The second-order valence-corrected chi connectivity index (χ2v) is 7.25. The summed E-state index contributed by atoms with van der Waals surface area (Å²) in [6.07, 6.45) is 7.26. The lowest BCUT2D eigenvalue weighted by atomic mass is 9.78. The topological polar surface area (TPSA) is 52.6 Å². The fourth-order valence-electron chi connectivity index (χ4n) is 3.99. The average molecular weight is 282 g/mol. The Balaban J connectivity index is 1.82. The highest BCUT2D eigenvalue weighted by atomic mass is 16.3. The summed E-state index contributed by atoms with van der Waals surface area (Å²) in [6, 6.07) is 0.0657. The van der Waals surface area contributed by atoms with Gasteiger partial charge >= 0.3 is 6.03 Å². The first-order valence-electron chi connectivity index (χ1n) is 8.18. The van der Waals surface area contributed by atoms with Crippen molar-refractivity contribution in [2.75, 3.05) is 26.2 Å². The number of nitrogens with one attached hydrogen (secondary N) is 1. The summed E-state index contributed by atoms with van der Waals surface area (Å²) in [6.45, 7) is 7.06. The van der Waals surface area contributed by atoms with E-state index in [1.165, 1.54) is 32.1 Å². The fraction of sp³-hybridized carbons (Fsp3) is 0.938. The molecule has 1 aliphatic carbocycles. The lowest BCUT2D eigenvalue weighted by Crippen LogP contribution is -2.44. The van der Waals surface area contributed by atoms with Gasteiger partial charge in [-0.1, -0.05) is 26.7 Å². The Morgan fingerprint density at radius 1 is 1.40 bits per heavy atom. The van der Waals surface area contributed by atoms with Gasteiger partial charge in [0.05, 0.1) is 0 Å². The molecule has 2 amide bonds. The molecule has 1 aliphatic heterocycles. The summed E-state index contributed by atoms with van der Waals surface area (Å²) in [5, 5.41) is 12.3. The van der Waals surface area contributed by atoms with Crippen molar-refractivity contribution in [1.82, 2.24) is 10.2 Å². The van der Waals surface area contributed by atoms with E-state index in [4.69, 9.17) is 5.11 Å². The van der Waals surface area contributed by atoms with Gasteiger partial charge in [-0.3, -0.25) is 0 Å². The van der Waals surface area contributed by atoms with E-state index < -0.39 is 0 Å². The van der Waals surface area contributed by atoms with Gasteiger partial charge in [-0.15, -0.1) is 0 Å². The maximum atomic E-state index is 12.2. The Hall–Kier alpha value is -0.770. The van der Waals surface area contributed by atoms with Crippen LogP contribution in [0.1, 0.15) is 52.4 Å². The zero-order valence-corrected chi connectivity index (χ0v) is 13.0. The summed E-state index contributed by atoms with van der Waals surface area (Å²) in [5.41, 5.74) is 0.333. The molecule has 0 aromatic heterocycles. The van der Waals surface area contributed by atoms with Crippen LogP contribution in [0, 0.1) is 17.3 Å². The van der Waals surface area contributed by atoms with E-state index in [0.717, 1.165) is 19.5 Å². The number of likely N-dealkylation sites (tertiary alicyclic amines) is 1. The molecule has 0 radical (unpaired) electrons. The van der Waals surface area contributed by atoms with Crippen molar-refractivity contribution in [3.05, 3.63) is 0 Å². The summed E-state index contributed by atoms with van der Waals surface area (Å²) >= 11 is 0. The number of amides is 2. The number of carbonyl (C=O) groups is 1. The van der Waals surface area contributed by atoms with Crippen molar-refractivity contribution in [3.63, 3.8) is 0 Å². The minimum Gasteiger partial charge on any atom is -0.396 e. The predicted molar refractivity (Wildman–Crippen MR) is 80.5 cm³/mol. The molecule has 1 atom stereocenters. The molecule has 2 fully saturated rings. The van der Waals surface area contributed by atoms with Gasteiger partial charge in [0.15, 0.2) is 0 Å². The van der Waals surface area contributed by atoms with Crippen molar-refractivity contribution in [3.8, 4) is 0 Å². The smallest absolute Gasteiger partial charge is 0.317 e. The first kappa shape index (κ1) is 15.6. The number of aliphatic hydroxyl groups is 1. The van der Waals surface area contributed by atoms with E-state index in [9.17, 15) is 4.79 Å². The van der Waals surface area contributed by atoms with Gasteiger partial charge in [0.2, 0.25) is 0 Å². The molecule has 1 unspecified atom stereocenters. The number of hydrogen-bond donors (Lipinski definition) is 2. The van der Waals surface area contributed by atoms with Gasteiger partial charge in [-0.05, 0) is 37.0 Å². The third-order valence-electron chi connectivity index (χ3n) is 4.95. The molecule has 1 saturated carbocycles. The van der Waals surface area contributed by atoms with Gasteiger partial charge in [0.25, 0.3) is 0 Å². The lowest BCUT2D eigenvalue weighted by molar-refractivity contribution is 0.182. The second-order valence-electron chi connectivity index (χ2n) is 7.25. The zero-order valence-electron chi connectivity index (χ0n) is 13.0. The maximum absolute atomic E-state index is 12.2. The van der Waals surface area contributed by atoms with E-state index in [-0.39, 0.29) is 18.6 Å². The minimum atomic E-state index is 0.0657. The first-order valence-corrected chi connectivity index (χ1v) is 8.18. The van der Waals surface area contributed by atoms with E-state index in [1.807, 2.05) is 4.90 Å². The van der Waals surface area contributed by atoms with Crippen molar-refractivity contribution >= 4 is 6.03 Å². The largest absolute Gasteiger partial charge is 0.396 e. The molecule has 0 aromatic carbocycles. The molecule has 2 aliphatic rings. The van der Waals surface area contributed by atoms with Gasteiger partial charge in [0.1, 0.15) is 0 Å². The summed E-state index contributed by atoms with van der Waals surface area (Å²) in [7, 11) is 0. The minimum absolute atomic E-state index is 0.0657. The molecular formula is C16H30N2O2. The standard InChI is InChI=1S/C16H30N2O2/c1-13(2)9-16(6-3-4-7-16)12-17-15(20)18-8-5-14(10-18)11-19/h13-14,19H,3-12H2,1-2H3,(H,17,20). The van der Waals surface area contributed by atoms with E-state index in [0.29, 0.717) is 17.9 Å². The first-order chi connectivity index (χ1) is 9.54. The number of urea groups is 1. The number of nitrogens with zero attached hydrogens (tertiary/aromatic N) is 1. The van der Waals surface area contributed by atoms with Gasteiger partial charge in [-0.2, -0.15) is 0 Å². The normalized spacial score (nSPS) is 25.4. The Labute approximate surface area is 122 Å². The molecule has 1 saturated heterocycles. The number of aliphatic hydroxyl groups excluding tert-OH is 1. The number of hydrogen-bond acceptors (Lipinski definition) is 2. The molecule has 0 spiro atoms. The average Bonchev–Trinajstić information content (AvgIpc) is 3.04. The van der Waals surface area contributed by atoms with Crippen molar-refractivity contribution in [2.45, 2.75) is 52.4 Å². The Morgan fingerprint density at radius 2 is 2.10 bits per heavy atom. The van der Waals surface area contributed by atoms with Gasteiger partial charge in [-0.25, -0.2) is 4.79 Å². The third-order valence-corrected chi connectivity index (χ3v) is 4.95. The lowest BCUT2D eigenvalue weighted by Gasteiger charge is -2.32. The maximum Gasteiger partial charge on any atom is 0.317 e. The van der Waals surface area contributed by atoms with Crippen LogP contribution in [-0.2, 0) is 0 Å².